The van der Waals surface area contributed by atoms with Gasteiger partial charge in [-0.15, -0.1) is 0 Å². The molecule has 39 heavy (non-hydrogen) atoms. The molecule has 0 radical (unpaired) electrons. The first-order valence-electron chi connectivity index (χ1n) is 13.3. The highest BCUT2D eigenvalue weighted by atomic mass is 35.5. The van der Waals surface area contributed by atoms with Crippen LogP contribution in [0, 0.1) is 0 Å². The highest BCUT2D eigenvalue weighted by Crippen LogP contribution is 2.31. The van der Waals surface area contributed by atoms with Crippen LogP contribution in [-0.4, -0.2) is 42.0 Å². The van der Waals surface area contributed by atoms with Gasteiger partial charge in [0.25, 0.3) is 0 Å². The topological polar surface area (TPSA) is 67.9 Å². The highest BCUT2D eigenvalue weighted by Gasteiger charge is 2.31. The number of nitrogens with one attached hydrogen (secondary N) is 1. The molecule has 0 aromatic heterocycles. The third-order valence-corrected chi connectivity index (χ3v) is 7.45. The SMILES string of the molecule is CC[C@@H](C)NC(=O)[C@H](Cc1ccccc1)N(Cc1ccc(Cl)cc1Cl)C(=O)CCc1ccc2c(c1)OCCO2. The fourth-order valence-electron chi connectivity index (χ4n) is 4.47. The van der Waals surface area contributed by atoms with Crippen LogP contribution in [0.5, 0.6) is 11.5 Å². The number of aryl methyl sites for hydroxylation is 1. The number of rotatable bonds is 11. The van der Waals surface area contributed by atoms with E-state index in [0.29, 0.717) is 47.6 Å². The molecule has 2 amide bonds. The van der Waals surface area contributed by atoms with Crippen LogP contribution >= 0.6 is 23.2 Å². The number of carbonyl (C=O) groups is 2. The Bertz CT molecular complexity index is 1280. The number of halogens is 2. The smallest absolute Gasteiger partial charge is 0.243 e. The molecule has 6 nitrogen and oxygen atoms in total. The lowest BCUT2D eigenvalue weighted by atomic mass is 10.0. The molecule has 1 heterocycles. The predicted octanol–water partition coefficient (Wildman–Crippen LogP) is 6.25. The summed E-state index contributed by atoms with van der Waals surface area (Å²) < 4.78 is 11.3. The molecule has 1 N–H and O–H groups in total. The van der Waals surface area contributed by atoms with E-state index in [9.17, 15) is 9.59 Å². The Morgan fingerprint density at radius 2 is 1.69 bits per heavy atom. The van der Waals surface area contributed by atoms with Gasteiger partial charge < -0.3 is 19.7 Å². The average Bonchev–Trinajstić information content (AvgIpc) is 2.94. The van der Waals surface area contributed by atoms with Crippen molar-refractivity contribution in [1.29, 1.82) is 0 Å². The summed E-state index contributed by atoms with van der Waals surface area (Å²) in [6.45, 7) is 5.18. The van der Waals surface area contributed by atoms with Crippen LogP contribution in [-0.2, 0) is 29.0 Å². The number of carbonyl (C=O) groups excluding carboxylic acids is 2. The standard InChI is InChI=1S/C31H34Cl2N2O4/c1-3-21(2)34-31(37)27(17-22-7-5-4-6-8-22)35(20-24-11-12-25(32)19-26(24)33)30(36)14-10-23-9-13-28-29(18-23)39-16-15-38-28/h4-9,11-13,18-19,21,27H,3,10,14-17,20H2,1-2H3,(H,34,37)/t21-,27+/m1/s1. The molecule has 0 spiro atoms. The fourth-order valence-corrected chi connectivity index (χ4v) is 4.93. The minimum Gasteiger partial charge on any atom is -0.486 e. The van der Waals surface area contributed by atoms with Crippen molar-refractivity contribution < 1.29 is 19.1 Å². The van der Waals surface area contributed by atoms with Crippen molar-refractivity contribution in [3.05, 3.63) is 93.5 Å². The Kier molecular flexibility index (Phi) is 10.1. The number of amides is 2. The molecule has 0 saturated carbocycles. The summed E-state index contributed by atoms with van der Waals surface area (Å²) in [6.07, 6.45) is 1.87. The largest absolute Gasteiger partial charge is 0.486 e. The molecule has 3 aromatic rings. The lowest BCUT2D eigenvalue weighted by molar-refractivity contribution is -0.141. The highest BCUT2D eigenvalue weighted by molar-refractivity contribution is 6.35. The van der Waals surface area contributed by atoms with Crippen LogP contribution in [0.4, 0.5) is 0 Å². The van der Waals surface area contributed by atoms with E-state index >= 15 is 0 Å². The van der Waals surface area contributed by atoms with E-state index < -0.39 is 6.04 Å². The molecular weight excluding hydrogens is 535 g/mol. The van der Waals surface area contributed by atoms with Gasteiger partial charge in [0, 0.05) is 35.5 Å². The van der Waals surface area contributed by atoms with Crippen LogP contribution in [0.3, 0.4) is 0 Å². The van der Waals surface area contributed by atoms with Crippen molar-refractivity contribution in [3.8, 4) is 11.5 Å². The summed E-state index contributed by atoms with van der Waals surface area (Å²) in [7, 11) is 0. The summed E-state index contributed by atoms with van der Waals surface area (Å²) in [6, 6.07) is 19.9. The first-order chi connectivity index (χ1) is 18.8. The Balaban J connectivity index is 1.62. The zero-order valence-electron chi connectivity index (χ0n) is 22.3. The van der Waals surface area contributed by atoms with E-state index in [1.807, 2.05) is 62.4 Å². The number of benzene rings is 3. The Morgan fingerprint density at radius 3 is 2.41 bits per heavy atom. The molecule has 0 fully saturated rings. The number of fused-ring (bicyclic) bond motifs is 1. The maximum atomic E-state index is 13.9. The first-order valence-corrected chi connectivity index (χ1v) is 14.1. The zero-order chi connectivity index (χ0) is 27.8. The Hall–Kier alpha value is -3.22. The van der Waals surface area contributed by atoms with Gasteiger partial charge >= 0.3 is 0 Å². The zero-order valence-corrected chi connectivity index (χ0v) is 23.8. The van der Waals surface area contributed by atoms with Crippen molar-refractivity contribution >= 4 is 35.0 Å². The third-order valence-electron chi connectivity index (χ3n) is 6.86. The lowest BCUT2D eigenvalue weighted by Crippen LogP contribution is -2.52. The quantitative estimate of drug-likeness (QED) is 0.297. The van der Waals surface area contributed by atoms with Crippen LogP contribution in [0.25, 0.3) is 0 Å². The normalized spacial score (nSPS) is 13.8. The number of hydrogen-bond acceptors (Lipinski definition) is 4. The molecule has 0 saturated heterocycles. The van der Waals surface area contributed by atoms with E-state index in [1.54, 1.807) is 23.1 Å². The molecular formula is C31H34Cl2N2O4. The maximum absolute atomic E-state index is 13.9. The third kappa shape index (κ3) is 7.90. The molecule has 0 bridgehead atoms. The first kappa shape index (κ1) is 28.8. The molecule has 1 aliphatic rings. The number of hydrogen-bond donors (Lipinski definition) is 1. The van der Waals surface area contributed by atoms with E-state index in [1.165, 1.54) is 0 Å². The second-order valence-electron chi connectivity index (χ2n) is 9.76. The van der Waals surface area contributed by atoms with Gasteiger partial charge in [0.15, 0.2) is 11.5 Å². The van der Waals surface area contributed by atoms with Crippen molar-refractivity contribution in [2.45, 2.75) is 58.2 Å². The van der Waals surface area contributed by atoms with E-state index in [2.05, 4.69) is 5.32 Å². The molecule has 1 aliphatic heterocycles. The molecule has 4 rings (SSSR count). The van der Waals surface area contributed by atoms with Gasteiger partial charge in [-0.2, -0.15) is 0 Å². The van der Waals surface area contributed by atoms with Crippen LogP contribution < -0.4 is 14.8 Å². The van der Waals surface area contributed by atoms with Crippen molar-refractivity contribution in [1.82, 2.24) is 10.2 Å². The maximum Gasteiger partial charge on any atom is 0.243 e. The second-order valence-corrected chi connectivity index (χ2v) is 10.6. The van der Waals surface area contributed by atoms with Gasteiger partial charge in [-0.3, -0.25) is 9.59 Å². The number of ether oxygens (including phenoxy) is 2. The second kappa shape index (κ2) is 13.7. The minimum atomic E-state index is -0.721. The van der Waals surface area contributed by atoms with Gasteiger partial charge in [-0.05, 0) is 60.7 Å². The van der Waals surface area contributed by atoms with Gasteiger partial charge in [0.05, 0.1) is 0 Å². The molecule has 3 aromatic carbocycles. The van der Waals surface area contributed by atoms with Crippen molar-refractivity contribution in [2.24, 2.45) is 0 Å². The fraction of sp³-hybridized carbons (Fsp3) is 0.355. The predicted molar refractivity (Wildman–Crippen MR) is 155 cm³/mol. The van der Waals surface area contributed by atoms with Gasteiger partial charge in [0.1, 0.15) is 19.3 Å². The van der Waals surface area contributed by atoms with E-state index in [4.69, 9.17) is 32.7 Å². The number of nitrogens with zero attached hydrogens (tertiary/aromatic N) is 1. The molecule has 8 heteroatoms. The van der Waals surface area contributed by atoms with Crippen LogP contribution in [0.2, 0.25) is 10.0 Å². The summed E-state index contributed by atoms with van der Waals surface area (Å²) >= 11 is 12.7. The summed E-state index contributed by atoms with van der Waals surface area (Å²) in [5, 5.41) is 4.05. The molecule has 0 unspecified atom stereocenters. The van der Waals surface area contributed by atoms with E-state index in [0.717, 1.165) is 23.1 Å². The van der Waals surface area contributed by atoms with Crippen LogP contribution in [0.15, 0.2) is 66.7 Å². The van der Waals surface area contributed by atoms with Crippen molar-refractivity contribution in [2.75, 3.05) is 13.2 Å². The monoisotopic (exact) mass is 568 g/mol. The molecule has 2 atom stereocenters. The minimum absolute atomic E-state index is 0.0236. The Morgan fingerprint density at radius 1 is 0.949 bits per heavy atom. The van der Waals surface area contributed by atoms with Gasteiger partial charge in [-0.1, -0.05) is 72.6 Å². The average molecular weight is 570 g/mol. The van der Waals surface area contributed by atoms with Crippen LogP contribution in [0.1, 0.15) is 43.4 Å². The lowest BCUT2D eigenvalue weighted by Gasteiger charge is -2.32. The Labute approximate surface area is 240 Å². The van der Waals surface area contributed by atoms with Crippen molar-refractivity contribution in [3.63, 3.8) is 0 Å². The summed E-state index contributed by atoms with van der Waals surface area (Å²) in [4.78, 5) is 29.2. The van der Waals surface area contributed by atoms with Gasteiger partial charge in [-0.25, -0.2) is 0 Å². The van der Waals surface area contributed by atoms with Gasteiger partial charge in [0.2, 0.25) is 11.8 Å². The summed E-state index contributed by atoms with van der Waals surface area (Å²) in [5.74, 6) is 1.06. The molecule has 206 valence electrons. The summed E-state index contributed by atoms with van der Waals surface area (Å²) in [5.41, 5.74) is 2.65. The van der Waals surface area contributed by atoms with E-state index in [-0.39, 0.29) is 30.8 Å². The molecule has 0 aliphatic carbocycles.